The minimum atomic E-state index is -3.78. The van der Waals surface area contributed by atoms with Gasteiger partial charge in [-0.3, -0.25) is 14.5 Å². The zero-order chi connectivity index (χ0) is 23.0. The normalized spacial score (nSPS) is 17.4. The summed E-state index contributed by atoms with van der Waals surface area (Å²) in [5.74, 6) is -1.68. The van der Waals surface area contributed by atoms with Gasteiger partial charge in [-0.25, -0.2) is 8.42 Å². The average molecular weight is 458 g/mol. The number of imide groups is 1. The molecule has 180 valence electrons. The van der Waals surface area contributed by atoms with E-state index in [0.717, 1.165) is 24.2 Å². The van der Waals surface area contributed by atoms with Crippen molar-refractivity contribution in [3.63, 3.8) is 0 Å². The first-order valence-corrected chi connectivity index (χ1v) is 14.0. The van der Waals surface area contributed by atoms with E-state index >= 15 is 0 Å². The molecule has 1 heterocycles. The van der Waals surface area contributed by atoms with Gasteiger partial charge >= 0.3 is 0 Å². The highest BCUT2D eigenvalue weighted by Gasteiger charge is 2.44. The van der Waals surface area contributed by atoms with Gasteiger partial charge in [0, 0.05) is 6.20 Å². The van der Waals surface area contributed by atoms with Crippen LogP contribution in [0.3, 0.4) is 0 Å². The second-order valence-electron chi connectivity index (χ2n) is 8.65. The van der Waals surface area contributed by atoms with Crippen LogP contribution in [0, 0.1) is 0 Å². The Kier molecular flexibility index (Phi) is 14.7. The van der Waals surface area contributed by atoms with Crippen molar-refractivity contribution in [2.75, 3.05) is 12.4 Å². The first-order valence-electron chi connectivity index (χ1n) is 12.3. The number of carbonyl (C=O) groups is 2. The SMILES string of the molecule is CCCCCCCCCCCCCCCC/C=C/N1C(=O)CC(S(=O)(=O)CCO)C1=O. The lowest BCUT2D eigenvalue weighted by molar-refractivity contribution is -0.135. The van der Waals surface area contributed by atoms with Gasteiger partial charge in [0.15, 0.2) is 9.84 Å². The van der Waals surface area contributed by atoms with Gasteiger partial charge in [0.1, 0.15) is 5.25 Å². The Morgan fingerprint density at radius 2 is 1.35 bits per heavy atom. The number of hydrogen-bond donors (Lipinski definition) is 1. The van der Waals surface area contributed by atoms with Gasteiger partial charge < -0.3 is 5.11 Å². The number of aliphatic hydroxyl groups excluding tert-OH is 1. The van der Waals surface area contributed by atoms with E-state index in [2.05, 4.69) is 6.92 Å². The summed E-state index contributed by atoms with van der Waals surface area (Å²) in [6.07, 6.45) is 21.8. The number of hydrogen-bond acceptors (Lipinski definition) is 5. The lowest BCUT2D eigenvalue weighted by Crippen LogP contribution is -2.33. The Morgan fingerprint density at radius 3 is 1.84 bits per heavy atom. The van der Waals surface area contributed by atoms with Gasteiger partial charge in [-0.2, -0.15) is 0 Å². The largest absolute Gasteiger partial charge is 0.395 e. The molecule has 0 radical (unpaired) electrons. The van der Waals surface area contributed by atoms with Crippen molar-refractivity contribution in [2.45, 2.75) is 115 Å². The third-order valence-electron chi connectivity index (χ3n) is 5.93. The third kappa shape index (κ3) is 11.3. The molecule has 0 aromatic rings. The molecule has 1 aliphatic rings. The molecular weight excluding hydrogens is 414 g/mol. The van der Waals surface area contributed by atoms with Gasteiger partial charge in [0.05, 0.1) is 18.8 Å². The van der Waals surface area contributed by atoms with Gasteiger partial charge in [-0.05, 0) is 12.8 Å². The highest BCUT2D eigenvalue weighted by molar-refractivity contribution is 7.92. The number of likely N-dealkylation sites (tertiary alicyclic amines) is 1. The van der Waals surface area contributed by atoms with Crippen molar-refractivity contribution < 1.29 is 23.1 Å². The van der Waals surface area contributed by atoms with E-state index in [1.54, 1.807) is 6.08 Å². The Hall–Kier alpha value is -1.21. The summed E-state index contributed by atoms with van der Waals surface area (Å²) in [6, 6.07) is 0. The van der Waals surface area contributed by atoms with Crippen molar-refractivity contribution in [3.8, 4) is 0 Å². The van der Waals surface area contributed by atoms with E-state index in [0.29, 0.717) is 0 Å². The summed E-state index contributed by atoms with van der Waals surface area (Å²) in [7, 11) is -3.78. The van der Waals surface area contributed by atoms with E-state index < -0.39 is 39.3 Å². The van der Waals surface area contributed by atoms with E-state index in [4.69, 9.17) is 5.11 Å². The van der Waals surface area contributed by atoms with Crippen LogP contribution in [0.25, 0.3) is 0 Å². The molecule has 1 unspecified atom stereocenters. The van der Waals surface area contributed by atoms with Crippen LogP contribution in [0.2, 0.25) is 0 Å². The lowest BCUT2D eigenvalue weighted by atomic mass is 10.0. The maximum absolute atomic E-state index is 12.2. The fourth-order valence-electron chi connectivity index (χ4n) is 3.97. The summed E-state index contributed by atoms with van der Waals surface area (Å²) in [4.78, 5) is 25.1. The minimum absolute atomic E-state index is 0.329. The minimum Gasteiger partial charge on any atom is -0.395 e. The highest BCUT2D eigenvalue weighted by atomic mass is 32.2. The molecule has 1 atom stereocenters. The zero-order valence-electron chi connectivity index (χ0n) is 19.4. The number of carbonyl (C=O) groups excluding carboxylic acids is 2. The number of amides is 2. The summed E-state index contributed by atoms with van der Waals surface area (Å²) >= 11 is 0. The molecule has 0 aromatic carbocycles. The molecule has 1 fully saturated rings. The molecule has 0 spiro atoms. The maximum Gasteiger partial charge on any atom is 0.252 e. The Labute approximate surface area is 189 Å². The number of sulfone groups is 1. The molecule has 0 aliphatic carbocycles. The lowest BCUT2D eigenvalue weighted by Gasteiger charge is -2.10. The van der Waals surface area contributed by atoms with Crippen LogP contribution in [0.4, 0.5) is 0 Å². The second kappa shape index (κ2) is 16.4. The fraction of sp³-hybridized carbons (Fsp3) is 0.833. The van der Waals surface area contributed by atoms with Crippen LogP contribution in [-0.2, 0) is 19.4 Å². The van der Waals surface area contributed by atoms with Crippen LogP contribution < -0.4 is 0 Å². The predicted octanol–water partition coefficient (Wildman–Crippen LogP) is 4.91. The molecular formula is C24H43NO5S. The van der Waals surface area contributed by atoms with Gasteiger partial charge in [0.2, 0.25) is 5.91 Å². The monoisotopic (exact) mass is 457 g/mol. The average Bonchev–Trinajstić information content (AvgIpc) is 3.02. The number of rotatable bonds is 19. The number of aliphatic hydroxyl groups is 1. The molecule has 0 aromatic heterocycles. The molecule has 1 saturated heterocycles. The molecule has 1 rings (SSSR count). The first kappa shape index (κ1) is 27.8. The number of allylic oxidation sites excluding steroid dienone is 1. The molecule has 6 nitrogen and oxygen atoms in total. The first-order chi connectivity index (χ1) is 14.9. The van der Waals surface area contributed by atoms with E-state index in [1.807, 2.05) is 0 Å². The van der Waals surface area contributed by atoms with Crippen LogP contribution in [0.15, 0.2) is 12.3 Å². The van der Waals surface area contributed by atoms with E-state index in [1.165, 1.54) is 83.2 Å². The number of unbranched alkanes of at least 4 members (excludes halogenated alkanes) is 14. The standard InChI is InChI=1S/C24H43NO5S/c1-2-3-4-5-6-7-8-9-10-11-12-13-14-15-16-17-18-25-23(27)21-22(24(25)28)31(29,30)20-19-26/h17-18,22,26H,2-16,19-21H2,1H3/b18-17+. The molecule has 31 heavy (non-hydrogen) atoms. The number of nitrogens with zero attached hydrogens (tertiary/aromatic N) is 1. The van der Waals surface area contributed by atoms with Crippen LogP contribution in [-0.4, -0.2) is 47.8 Å². The van der Waals surface area contributed by atoms with Crippen molar-refractivity contribution >= 4 is 21.7 Å². The van der Waals surface area contributed by atoms with E-state index in [9.17, 15) is 18.0 Å². The summed E-state index contributed by atoms with van der Waals surface area (Å²) in [5, 5.41) is 7.49. The maximum atomic E-state index is 12.2. The van der Waals surface area contributed by atoms with Crippen molar-refractivity contribution in [1.82, 2.24) is 4.90 Å². The highest BCUT2D eigenvalue weighted by Crippen LogP contribution is 2.21. The van der Waals surface area contributed by atoms with Gasteiger partial charge in [-0.1, -0.05) is 96.5 Å². The smallest absolute Gasteiger partial charge is 0.252 e. The summed E-state index contributed by atoms with van der Waals surface area (Å²) < 4.78 is 23.9. The Morgan fingerprint density at radius 1 is 0.871 bits per heavy atom. The molecule has 0 bridgehead atoms. The van der Waals surface area contributed by atoms with Crippen LogP contribution in [0.1, 0.15) is 110 Å². The summed E-state index contributed by atoms with van der Waals surface area (Å²) in [6.45, 7) is 1.71. The van der Waals surface area contributed by atoms with Crippen molar-refractivity contribution in [2.24, 2.45) is 0 Å². The Bertz CT molecular complexity index is 644. The van der Waals surface area contributed by atoms with Crippen LogP contribution in [0.5, 0.6) is 0 Å². The topological polar surface area (TPSA) is 91.8 Å². The second-order valence-corrected chi connectivity index (χ2v) is 11.0. The Balaban J connectivity index is 2.04. The van der Waals surface area contributed by atoms with E-state index in [-0.39, 0.29) is 6.42 Å². The quantitative estimate of drug-likeness (QED) is 0.220. The molecule has 1 aliphatic heterocycles. The zero-order valence-corrected chi connectivity index (χ0v) is 20.2. The van der Waals surface area contributed by atoms with Gasteiger partial charge in [0.25, 0.3) is 5.91 Å². The van der Waals surface area contributed by atoms with Crippen molar-refractivity contribution in [3.05, 3.63) is 12.3 Å². The summed E-state index contributed by atoms with van der Waals surface area (Å²) in [5.41, 5.74) is 0. The van der Waals surface area contributed by atoms with Gasteiger partial charge in [-0.15, -0.1) is 0 Å². The molecule has 0 saturated carbocycles. The molecule has 1 N–H and O–H groups in total. The molecule has 7 heteroatoms. The molecule has 2 amide bonds. The third-order valence-corrected chi connectivity index (χ3v) is 7.92. The fourth-order valence-corrected chi connectivity index (χ4v) is 5.32. The van der Waals surface area contributed by atoms with Crippen LogP contribution >= 0.6 is 0 Å². The predicted molar refractivity (Wildman–Crippen MR) is 125 cm³/mol. The van der Waals surface area contributed by atoms with Crippen molar-refractivity contribution in [1.29, 1.82) is 0 Å².